The average molecular weight is 375 g/mol. The summed E-state index contributed by atoms with van der Waals surface area (Å²) in [6, 6.07) is 15.8. The van der Waals surface area contributed by atoms with Gasteiger partial charge in [0.15, 0.2) is 5.78 Å². The van der Waals surface area contributed by atoms with Gasteiger partial charge in [-0.25, -0.2) is 9.97 Å². The molecule has 0 saturated heterocycles. The van der Waals surface area contributed by atoms with Crippen molar-refractivity contribution in [2.24, 2.45) is 0 Å². The van der Waals surface area contributed by atoms with Gasteiger partial charge < -0.3 is 4.74 Å². The number of ether oxygens (including phenoxy) is 1. The molecule has 0 aliphatic rings. The zero-order chi connectivity index (χ0) is 20.1. The van der Waals surface area contributed by atoms with Crippen LogP contribution in [0.5, 0.6) is 11.5 Å². The lowest BCUT2D eigenvalue weighted by Gasteiger charge is -2.20. The molecule has 1 amide bonds. The van der Waals surface area contributed by atoms with E-state index in [-0.39, 0.29) is 11.7 Å². The number of Topliss-reactive ketones (excluding diaryl/α,β-unsaturated/α-hetero) is 1. The highest BCUT2D eigenvalue weighted by atomic mass is 16.5. The molecule has 0 atom stereocenters. The van der Waals surface area contributed by atoms with Gasteiger partial charge in [-0.3, -0.25) is 14.5 Å². The molecule has 0 aliphatic carbocycles. The number of amides is 1. The Labute approximate surface area is 163 Å². The van der Waals surface area contributed by atoms with E-state index in [4.69, 9.17) is 4.74 Å². The molecule has 142 valence electrons. The fourth-order valence-corrected chi connectivity index (χ4v) is 2.72. The second-order valence-corrected chi connectivity index (χ2v) is 6.22. The zero-order valence-corrected chi connectivity index (χ0v) is 16.0. The van der Waals surface area contributed by atoms with Crippen LogP contribution in [0.3, 0.4) is 0 Å². The molecule has 0 fully saturated rings. The van der Waals surface area contributed by atoms with E-state index in [9.17, 15) is 9.59 Å². The van der Waals surface area contributed by atoms with Crippen LogP contribution >= 0.6 is 0 Å². The van der Waals surface area contributed by atoms with Gasteiger partial charge in [-0.15, -0.1) is 0 Å². The van der Waals surface area contributed by atoms with Crippen LogP contribution in [0.15, 0.2) is 60.8 Å². The van der Waals surface area contributed by atoms with Gasteiger partial charge in [0.05, 0.1) is 5.69 Å². The second-order valence-electron chi connectivity index (χ2n) is 6.22. The minimum Gasteiger partial charge on any atom is -0.457 e. The van der Waals surface area contributed by atoms with Crippen molar-refractivity contribution in [3.63, 3.8) is 0 Å². The lowest BCUT2D eigenvalue weighted by atomic mass is 10.1. The molecule has 3 rings (SSSR count). The summed E-state index contributed by atoms with van der Waals surface area (Å²) in [6.45, 7) is 4.98. The third-order valence-electron chi connectivity index (χ3n) is 4.14. The van der Waals surface area contributed by atoms with E-state index in [2.05, 4.69) is 9.97 Å². The van der Waals surface area contributed by atoms with Crippen LogP contribution in [0.2, 0.25) is 0 Å². The number of hydrogen-bond acceptors (Lipinski definition) is 5. The van der Waals surface area contributed by atoms with Crippen LogP contribution in [-0.2, 0) is 11.2 Å². The number of carbonyl (C=O) groups is 2. The Hall–Kier alpha value is -3.54. The van der Waals surface area contributed by atoms with Crippen molar-refractivity contribution in [3.8, 4) is 11.5 Å². The first kappa shape index (κ1) is 19.2. The summed E-state index contributed by atoms with van der Waals surface area (Å²) in [5.74, 6) is 2.33. The Bertz CT molecular complexity index is 983. The highest BCUT2D eigenvalue weighted by Crippen LogP contribution is 2.28. The lowest BCUT2D eigenvalue weighted by molar-refractivity contribution is -0.115. The third-order valence-corrected chi connectivity index (χ3v) is 4.14. The minimum atomic E-state index is -0.144. The summed E-state index contributed by atoms with van der Waals surface area (Å²) in [7, 11) is 0. The number of aryl methyl sites for hydroxylation is 1. The molecule has 2 aromatic carbocycles. The molecule has 1 heterocycles. The van der Waals surface area contributed by atoms with Gasteiger partial charge in [-0.2, -0.15) is 0 Å². The van der Waals surface area contributed by atoms with Gasteiger partial charge in [0.2, 0.25) is 5.91 Å². The van der Waals surface area contributed by atoms with Crippen LogP contribution in [-0.4, -0.2) is 21.7 Å². The molecule has 6 heteroatoms. The molecule has 6 nitrogen and oxygen atoms in total. The maximum atomic E-state index is 12.2. The topological polar surface area (TPSA) is 72.4 Å². The highest BCUT2D eigenvalue weighted by molar-refractivity contribution is 5.98. The molecular weight excluding hydrogens is 354 g/mol. The number of aromatic nitrogens is 2. The van der Waals surface area contributed by atoms with Crippen LogP contribution in [0.25, 0.3) is 0 Å². The number of hydrogen-bond donors (Lipinski definition) is 0. The van der Waals surface area contributed by atoms with Gasteiger partial charge in [0, 0.05) is 25.1 Å². The fourth-order valence-electron chi connectivity index (χ4n) is 2.72. The summed E-state index contributed by atoms with van der Waals surface area (Å²) >= 11 is 0. The van der Waals surface area contributed by atoms with Crippen LogP contribution in [0.4, 0.5) is 11.5 Å². The van der Waals surface area contributed by atoms with Crippen molar-refractivity contribution in [2.45, 2.75) is 27.2 Å². The molecule has 0 spiro atoms. The second kappa shape index (κ2) is 8.43. The monoisotopic (exact) mass is 375 g/mol. The van der Waals surface area contributed by atoms with E-state index in [1.54, 1.807) is 60.8 Å². The quantitative estimate of drug-likeness (QED) is 0.583. The molecule has 28 heavy (non-hydrogen) atoms. The molecular formula is C22H21N3O3. The number of rotatable bonds is 6. The minimum absolute atomic E-state index is 0.0104. The van der Waals surface area contributed by atoms with Gasteiger partial charge in [-0.1, -0.05) is 6.92 Å². The molecule has 0 unspecified atom stereocenters. The SMILES string of the molecule is CCc1nccc(N(C(C)=O)c2ccc(Oc3ccc(C(C)=O)cc3)cc2)n1. The van der Waals surface area contributed by atoms with E-state index in [0.717, 1.165) is 0 Å². The average Bonchev–Trinajstić information content (AvgIpc) is 2.70. The summed E-state index contributed by atoms with van der Waals surface area (Å²) < 4.78 is 5.81. The number of nitrogens with zero attached hydrogens (tertiary/aromatic N) is 3. The molecule has 0 N–H and O–H groups in total. The fraction of sp³-hybridized carbons (Fsp3) is 0.182. The molecule has 0 aliphatic heterocycles. The lowest BCUT2D eigenvalue weighted by Crippen LogP contribution is -2.24. The maximum Gasteiger partial charge on any atom is 0.229 e. The first-order chi connectivity index (χ1) is 13.5. The molecule has 0 bridgehead atoms. The number of carbonyl (C=O) groups excluding carboxylic acids is 2. The molecule has 0 saturated carbocycles. The van der Waals surface area contributed by atoms with Crippen molar-refractivity contribution in [1.29, 1.82) is 0 Å². The Balaban J connectivity index is 1.81. The Kier molecular flexibility index (Phi) is 5.79. The number of benzene rings is 2. The predicted molar refractivity (Wildman–Crippen MR) is 107 cm³/mol. The largest absolute Gasteiger partial charge is 0.457 e. The van der Waals surface area contributed by atoms with Crippen LogP contribution in [0, 0.1) is 0 Å². The van der Waals surface area contributed by atoms with E-state index in [0.29, 0.717) is 40.8 Å². The van der Waals surface area contributed by atoms with Crippen LogP contribution < -0.4 is 9.64 Å². The third kappa shape index (κ3) is 4.40. The van der Waals surface area contributed by atoms with E-state index < -0.39 is 0 Å². The molecule has 1 aromatic heterocycles. The first-order valence-corrected chi connectivity index (χ1v) is 8.99. The zero-order valence-electron chi connectivity index (χ0n) is 16.0. The normalized spacial score (nSPS) is 10.4. The van der Waals surface area contributed by atoms with E-state index >= 15 is 0 Å². The van der Waals surface area contributed by atoms with Crippen molar-refractivity contribution < 1.29 is 14.3 Å². The van der Waals surface area contributed by atoms with Crippen molar-refractivity contribution in [1.82, 2.24) is 9.97 Å². The Morgan fingerprint density at radius 3 is 2.07 bits per heavy atom. The predicted octanol–water partition coefficient (Wildman–Crippen LogP) is 4.72. The van der Waals surface area contributed by atoms with Crippen molar-refractivity contribution >= 4 is 23.2 Å². The first-order valence-electron chi connectivity index (χ1n) is 8.99. The molecule has 3 aromatic rings. The van der Waals surface area contributed by atoms with E-state index in [1.165, 1.54) is 18.7 Å². The summed E-state index contributed by atoms with van der Waals surface area (Å²) in [5, 5.41) is 0. The maximum absolute atomic E-state index is 12.2. The Morgan fingerprint density at radius 1 is 0.929 bits per heavy atom. The standard InChI is InChI=1S/C22H21N3O3/c1-4-21-23-14-13-22(24-21)25(16(3)27)18-7-11-20(12-8-18)28-19-9-5-17(6-10-19)15(2)26/h5-14H,4H2,1-3H3. The highest BCUT2D eigenvalue weighted by Gasteiger charge is 2.16. The Morgan fingerprint density at radius 2 is 1.54 bits per heavy atom. The smallest absolute Gasteiger partial charge is 0.229 e. The van der Waals surface area contributed by atoms with Crippen molar-refractivity contribution in [3.05, 3.63) is 72.2 Å². The summed E-state index contributed by atoms with van der Waals surface area (Å²) in [5.41, 5.74) is 1.32. The van der Waals surface area contributed by atoms with Gasteiger partial charge in [0.1, 0.15) is 23.1 Å². The summed E-state index contributed by atoms with van der Waals surface area (Å²) in [4.78, 5) is 33.7. The van der Waals surface area contributed by atoms with Crippen molar-refractivity contribution in [2.75, 3.05) is 4.90 Å². The number of ketones is 1. The van der Waals surface area contributed by atoms with Gasteiger partial charge in [-0.05, 0) is 61.5 Å². The van der Waals surface area contributed by atoms with Gasteiger partial charge >= 0.3 is 0 Å². The van der Waals surface area contributed by atoms with E-state index in [1.807, 2.05) is 6.92 Å². The number of anilines is 2. The van der Waals surface area contributed by atoms with Gasteiger partial charge in [0.25, 0.3) is 0 Å². The summed E-state index contributed by atoms with van der Waals surface area (Å²) in [6.07, 6.45) is 2.34. The van der Waals surface area contributed by atoms with Crippen LogP contribution in [0.1, 0.15) is 37.0 Å². The molecule has 0 radical (unpaired) electrons.